The standard InChI is InChI=1S/C8H3BrClF3N2/c9-4-1-5(8(11,12)13)7-14-2-6(10)15(7)3-4/h1-3H. The lowest BCUT2D eigenvalue weighted by molar-refractivity contribution is -0.136. The molecule has 15 heavy (non-hydrogen) atoms. The van der Waals surface area contributed by atoms with Crippen LogP contribution < -0.4 is 0 Å². The molecule has 0 aliphatic heterocycles. The van der Waals surface area contributed by atoms with Gasteiger partial charge in [0.2, 0.25) is 0 Å². The average molecular weight is 299 g/mol. The van der Waals surface area contributed by atoms with Gasteiger partial charge in [0.1, 0.15) is 10.8 Å². The molecule has 2 aromatic heterocycles. The Bertz CT molecular complexity index is 520. The van der Waals surface area contributed by atoms with E-state index in [2.05, 4.69) is 20.9 Å². The number of pyridine rings is 1. The predicted molar refractivity (Wildman–Crippen MR) is 52.9 cm³/mol. The number of aromatic nitrogens is 2. The fourth-order valence-corrected chi connectivity index (χ4v) is 1.85. The molecule has 7 heteroatoms. The molecule has 2 heterocycles. The first-order valence-electron chi connectivity index (χ1n) is 3.79. The van der Waals surface area contributed by atoms with Crippen LogP contribution in [0.2, 0.25) is 5.15 Å². The molecule has 0 bridgehead atoms. The van der Waals surface area contributed by atoms with Crippen molar-refractivity contribution in [2.24, 2.45) is 0 Å². The summed E-state index contributed by atoms with van der Waals surface area (Å²) in [5, 5.41) is 0.136. The van der Waals surface area contributed by atoms with Crippen LogP contribution in [-0.4, -0.2) is 9.38 Å². The van der Waals surface area contributed by atoms with E-state index in [1.54, 1.807) is 0 Å². The fourth-order valence-electron chi connectivity index (χ4n) is 1.23. The minimum Gasteiger partial charge on any atom is -0.289 e. The number of nitrogens with zero attached hydrogens (tertiary/aromatic N) is 2. The molecule has 80 valence electrons. The lowest BCUT2D eigenvalue weighted by Gasteiger charge is -2.08. The molecule has 0 saturated carbocycles. The van der Waals surface area contributed by atoms with Gasteiger partial charge in [0, 0.05) is 10.7 Å². The van der Waals surface area contributed by atoms with Crippen LogP contribution in [0.25, 0.3) is 5.65 Å². The predicted octanol–water partition coefficient (Wildman–Crippen LogP) is 3.77. The zero-order valence-electron chi connectivity index (χ0n) is 7.02. The van der Waals surface area contributed by atoms with Crippen LogP contribution in [0, 0.1) is 0 Å². The van der Waals surface area contributed by atoms with E-state index in [-0.39, 0.29) is 10.8 Å². The highest BCUT2D eigenvalue weighted by molar-refractivity contribution is 9.10. The maximum Gasteiger partial charge on any atom is 0.420 e. The van der Waals surface area contributed by atoms with E-state index in [0.717, 1.165) is 6.07 Å². The Labute approximate surface area is 95.8 Å². The molecule has 0 atom stereocenters. The average Bonchev–Trinajstić information content (AvgIpc) is 2.45. The second kappa shape index (κ2) is 3.38. The summed E-state index contributed by atoms with van der Waals surface area (Å²) in [5.41, 5.74) is -1.01. The number of fused-ring (bicyclic) bond motifs is 1. The molecule has 0 saturated heterocycles. The highest BCUT2D eigenvalue weighted by atomic mass is 79.9. The summed E-state index contributed by atoms with van der Waals surface area (Å²) in [6.07, 6.45) is -1.84. The Balaban J connectivity index is 2.84. The number of rotatable bonds is 0. The first kappa shape index (κ1) is 10.8. The highest BCUT2D eigenvalue weighted by Gasteiger charge is 2.34. The number of imidazole rings is 1. The van der Waals surface area contributed by atoms with Crippen molar-refractivity contribution in [3.8, 4) is 0 Å². The topological polar surface area (TPSA) is 17.3 Å². The molecular weight excluding hydrogens is 296 g/mol. The smallest absolute Gasteiger partial charge is 0.289 e. The van der Waals surface area contributed by atoms with E-state index in [4.69, 9.17) is 11.6 Å². The van der Waals surface area contributed by atoms with E-state index in [0.29, 0.717) is 4.47 Å². The van der Waals surface area contributed by atoms with E-state index < -0.39 is 11.7 Å². The molecule has 0 aliphatic rings. The molecule has 0 fully saturated rings. The minimum atomic E-state index is -4.44. The molecule has 0 unspecified atom stereocenters. The Morgan fingerprint density at radius 1 is 1.40 bits per heavy atom. The van der Waals surface area contributed by atoms with Gasteiger partial charge in [0.25, 0.3) is 0 Å². The van der Waals surface area contributed by atoms with Crippen molar-refractivity contribution in [1.82, 2.24) is 9.38 Å². The van der Waals surface area contributed by atoms with Crippen molar-refractivity contribution < 1.29 is 13.2 Å². The number of alkyl halides is 3. The Morgan fingerprint density at radius 2 is 2.07 bits per heavy atom. The maximum absolute atomic E-state index is 12.6. The third-order valence-electron chi connectivity index (χ3n) is 1.83. The van der Waals surface area contributed by atoms with Gasteiger partial charge in [0.15, 0.2) is 0 Å². The van der Waals surface area contributed by atoms with Crippen LogP contribution >= 0.6 is 27.5 Å². The Hall–Kier alpha value is -0.750. The maximum atomic E-state index is 12.6. The fraction of sp³-hybridized carbons (Fsp3) is 0.125. The molecule has 0 amide bonds. The Morgan fingerprint density at radius 3 is 2.67 bits per heavy atom. The monoisotopic (exact) mass is 298 g/mol. The van der Waals surface area contributed by atoms with Gasteiger partial charge in [-0.3, -0.25) is 4.40 Å². The SMILES string of the molecule is FC(F)(F)c1cc(Br)cn2c(Cl)cnc12. The van der Waals surface area contributed by atoms with Crippen molar-refractivity contribution in [3.05, 3.63) is 33.6 Å². The molecule has 0 radical (unpaired) electrons. The first-order valence-corrected chi connectivity index (χ1v) is 4.96. The van der Waals surface area contributed by atoms with Gasteiger partial charge in [-0.15, -0.1) is 0 Å². The van der Waals surface area contributed by atoms with Crippen LogP contribution in [0.4, 0.5) is 13.2 Å². The van der Waals surface area contributed by atoms with Crippen LogP contribution in [0.15, 0.2) is 22.9 Å². The van der Waals surface area contributed by atoms with Gasteiger partial charge >= 0.3 is 6.18 Å². The van der Waals surface area contributed by atoms with Crippen LogP contribution in [-0.2, 0) is 6.18 Å². The Kier molecular flexibility index (Phi) is 2.42. The second-order valence-corrected chi connectivity index (χ2v) is 4.15. The first-order chi connectivity index (χ1) is 6.89. The molecule has 0 aromatic carbocycles. The van der Waals surface area contributed by atoms with Gasteiger partial charge in [0.05, 0.1) is 11.8 Å². The summed E-state index contributed by atoms with van der Waals surface area (Å²) in [7, 11) is 0. The molecule has 2 rings (SSSR count). The lowest BCUT2D eigenvalue weighted by atomic mass is 10.2. The van der Waals surface area contributed by atoms with Crippen LogP contribution in [0.3, 0.4) is 0 Å². The van der Waals surface area contributed by atoms with Gasteiger partial charge in [-0.1, -0.05) is 11.6 Å². The normalized spacial score (nSPS) is 12.3. The van der Waals surface area contributed by atoms with Gasteiger partial charge in [-0.2, -0.15) is 13.2 Å². The van der Waals surface area contributed by atoms with Gasteiger partial charge < -0.3 is 0 Å². The van der Waals surface area contributed by atoms with Crippen molar-refractivity contribution in [2.45, 2.75) is 6.18 Å². The van der Waals surface area contributed by atoms with Gasteiger partial charge in [-0.05, 0) is 22.0 Å². The highest BCUT2D eigenvalue weighted by Crippen LogP contribution is 2.34. The van der Waals surface area contributed by atoms with Crippen molar-refractivity contribution in [1.29, 1.82) is 0 Å². The van der Waals surface area contributed by atoms with Gasteiger partial charge in [-0.25, -0.2) is 4.98 Å². The van der Waals surface area contributed by atoms with Crippen LogP contribution in [0.1, 0.15) is 5.56 Å². The van der Waals surface area contributed by atoms with E-state index >= 15 is 0 Å². The minimum absolute atomic E-state index is 0.136. The molecule has 0 aliphatic carbocycles. The van der Waals surface area contributed by atoms with Crippen LogP contribution in [0.5, 0.6) is 0 Å². The van der Waals surface area contributed by atoms with E-state index in [1.165, 1.54) is 16.8 Å². The third kappa shape index (κ3) is 1.83. The summed E-state index contributed by atoms with van der Waals surface area (Å²) in [6, 6.07) is 0.971. The molecular formula is C8H3BrClF3N2. The summed E-state index contributed by atoms with van der Waals surface area (Å²) in [5.74, 6) is 0. The summed E-state index contributed by atoms with van der Waals surface area (Å²) in [4.78, 5) is 3.62. The lowest BCUT2D eigenvalue weighted by Crippen LogP contribution is -2.08. The number of hydrogen-bond acceptors (Lipinski definition) is 1. The zero-order chi connectivity index (χ0) is 11.2. The zero-order valence-corrected chi connectivity index (χ0v) is 9.36. The molecule has 0 spiro atoms. The number of hydrogen-bond donors (Lipinski definition) is 0. The van der Waals surface area contributed by atoms with E-state index in [1.807, 2.05) is 0 Å². The molecule has 0 N–H and O–H groups in total. The number of halogens is 5. The van der Waals surface area contributed by atoms with Crippen molar-refractivity contribution >= 4 is 33.2 Å². The van der Waals surface area contributed by atoms with Crippen molar-refractivity contribution in [2.75, 3.05) is 0 Å². The second-order valence-electron chi connectivity index (χ2n) is 2.84. The third-order valence-corrected chi connectivity index (χ3v) is 2.55. The summed E-state index contributed by atoms with van der Waals surface area (Å²) >= 11 is 8.67. The quantitative estimate of drug-likeness (QED) is 0.724. The summed E-state index contributed by atoms with van der Waals surface area (Å²) < 4.78 is 39.2. The summed E-state index contributed by atoms with van der Waals surface area (Å²) in [6.45, 7) is 0. The van der Waals surface area contributed by atoms with Crippen molar-refractivity contribution in [3.63, 3.8) is 0 Å². The molecule has 2 nitrogen and oxygen atoms in total. The molecule has 2 aromatic rings. The largest absolute Gasteiger partial charge is 0.420 e. The van der Waals surface area contributed by atoms with E-state index in [9.17, 15) is 13.2 Å².